The van der Waals surface area contributed by atoms with Gasteiger partial charge in [0.05, 0.1) is 11.7 Å². The van der Waals surface area contributed by atoms with Crippen molar-refractivity contribution < 1.29 is 9.90 Å². The van der Waals surface area contributed by atoms with E-state index in [9.17, 15) is 9.59 Å². The molecule has 0 aliphatic heterocycles. The highest BCUT2D eigenvalue weighted by molar-refractivity contribution is 7.20. The van der Waals surface area contributed by atoms with Gasteiger partial charge in [0.25, 0.3) is 5.56 Å². The normalized spacial score (nSPS) is 10.8. The lowest BCUT2D eigenvalue weighted by Crippen LogP contribution is -2.20. The summed E-state index contributed by atoms with van der Waals surface area (Å²) in [5.41, 5.74) is 1.10. The molecule has 0 saturated carbocycles. The molecule has 18 heavy (non-hydrogen) atoms. The molecule has 0 aliphatic rings. The molecule has 2 aromatic rings. The van der Waals surface area contributed by atoms with E-state index in [0.29, 0.717) is 22.3 Å². The molecule has 0 bridgehead atoms. The van der Waals surface area contributed by atoms with Gasteiger partial charge in [-0.05, 0) is 19.4 Å². The van der Waals surface area contributed by atoms with E-state index in [2.05, 4.69) is 11.6 Å². The number of nitrogens with zero attached hydrogens (tertiary/aromatic N) is 2. The van der Waals surface area contributed by atoms with Gasteiger partial charge >= 0.3 is 5.97 Å². The number of thiophene rings is 1. The molecule has 5 nitrogen and oxygen atoms in total. The van der Waals surface area contributed by atoms with Crippen LogP contribution in [0.2, 0.25) is 0 Å². The molecule has 94 valence electrons. The van der Waals surface area contributed by atoms with Gasteiger partial charge in [0.1, 0.15) is 9.71 Å². The third-order valence-corrected chi connectivity index (χ3v) is 3.74. The Bertz CT molecular complexity index is 712. The zero-order valence-corrected chi connectivity index (χ0v) is 10.9. The minimum absolute atomic E-state index is 0.169. The lowest BCUT2D eigenvalue weighted by molar-refractivity contribution is 0.0701. The van der Waals surface area contributed by atoms with E-state index >= 15 is 0 Å². The van der Waals surface area contributed by atoms with Crippen molar-refractivity contribution in [3.8, 4) is 0 Å². The number of carboxylic acid groups (broad SMARTS) is 1. The highest BCUT2D eigenvalue weighted by Gasteiger charge is 2.18. The van der Waals surface area contributed by atoms with Crippen LogP contribution in [0.25, 0.3) is 10.2 Å². The van der Waals surface area contributed by atoms with Crippen LogP contribution in [0, 0.1) is 6.92 Å². The smallest absolute Gasteiger partial charge is 0.346 e. The van der Waals surface area contributed by atoms with Crippen LogP contribution >= 0.6 is 11.3 Å². The van der Waals surface area contributed by atoms with Crippen molar-refractivity contribution >= 4 is 27.5 Å². The molecule has 2 rings (SSSR count). The number of fused-ring (bicyclic) bond motifs is 1. The zero-order chi connectivity index (χ0) is 13.4. The summed E-state index contributed by atoms with van der Waals surface area (Å²) in [6, 6.07) is 0. The second-order valence-electron chi connectivity index (χ2n) is 4.18. The summed E-state index contributed by atoms with van der Waals surface area (Å²) in [6.45, 7) is 7.59. The molecule has 2 heterocycles. The molecule has 2 aromatic heterocycles. The van der Waals surface area contributed by atoms with Crippen molar-refractivity contribution in [3.05, 3.63) is 39.3 Å². The maximum Gasteiger partial charge on any atom is 0.346 e. The van der Waals surface area contributed by atoms with Gasteiger partial charge in [0.15, 0.2) is 0 Å². The second-order valence-corrected chi connectivity index (χ2v) is 5.18. The molecule has 6 heteroatoms. The maximum absolute atomic E-state index is 12.2. The fourth-order valence-corrected chi connectivity index (χ4v) is 2.74. The Morgan fingerprint density at radius 3 is 2.83 bits per heavy atom. The summed E-state index contributed by atoms with van der Waals surface area (Å²) in [5, 5.41) is 9.42. The molecule has 0 atom stereocenters. The first kappa shape index (κ1) is 12.5. The van der Waals surface area contributed by atoms with Crippen molar-refractivity contribution in [2.24, 2.45) is 0 Å². The van der Waals surface area contributed by atoms with Crippen molar-refractivity contribution in [2.75, 3.05) is 0 Å². The number of carboxylic acids is 1. The summed E-state index contributed by atoms with van der Waals surface area (Å²) in [7, 11) is 0. The minimum Gasteiger partial charge on any atom is -0.477 e. The average Bonchev–Trinajstić information content (AvgIpc) is 2.60. The highest BCUT2D eigenvalue weighted by Crippen LogP contribution is 2.26. The van der Waals surface area contributed by atoms with Gasteiger partial charge in [-0.15, -0.1) is 11.3 Å². The molecular weight excluding hydrogens is 252 g/mol. The van der Waals surface area contributed by atoms with Crippen LogP contribution in [0.1, 0.15) is 22.2 Å². The van der Waals surface area contributed by atoms with Crippen LogP contribution in [0.3, 0.4) is 0 Å². The summed E-state index contributed by atoms with van der Waals surface area (Å²) < 4.78 is 1.44. The molecule has 0 aromatic carbocycles. The molecule has 0 amide bonds. The van der Waals surface area contributed by atoms with E-state index in [1.807, 2.05) is 6.92 Å². The van der Waals surface area contributed by atoms with Crippen LogP contribution < -0.4 is 5.56 Å². The van der Waals surface area contributed by atoms with Gasteiger partial charge in [-0.3, -0.25) is 9.36 Å². The molecule has 0 radical (unpaired) electrons. The Balaban J connectivity index is 2.74. The molecular formula is C12H12N2O3S. The molecule has 1 N–H and O–H groups in total. The lowest BCUT2D eigenvalue weighted by Gasteiger charge is -2.04. The summed E-state index contributed by atoms with van der Waals surface area (Å²) >= 11 is 1.03. The quantitative estimate of drug-likeness (QED) is 0.861. The summed E-state index contributed by atoms with van der Waals surface area (Å²) in [6.07, 6.45) is 1.43. The van der Waals surface area contributed by atoms with Crippen molar-refractivity contribution in [3.63, 3.8) is 0 Å². The minimum atomic E-state index is -1.03. The van der Waals surface area contributed by atoms with Crippen molar-refractivity contribution in [1.82, 2.24) is 9.55 Å². The molecule has 0 aliphatic carbocycles. The number of aromatic carboxylic acids is 1. The maximum atomic E-state index is 12.2. The summed E-state index contributed by atoms with van der Waals surface area (Å²) in [5.74, 6) is -1.03. The van der Waals surface area contributed by atoms with E-state index in [1.165, 1.54) is 10.9 Å². The number of aromatic nitrogens is 2. The van der Waals surface area contributed by atoms with Crippen LogP contribution in [0.15, 0.2) is 23.3 Å². The molecule has 0 unspecified atom stereocenters. The van der Waals surface area contributed by atoms with Gasteiger partial charge in [-0.2, -0.15) is 0 Å². The Morgan fingerprint density at radius 2 is 2.28 bits per heavy atom. The second kappa shape index (κ2) is 4.38. The molecule has 0 fully saturated rings. The predicted octanol–water partition coefficient (Wildman–Crippen LogP) is 2.04. The predicted molar refractivity (Wildman–Crippen MR) is 70.4 cm³/mol. The lowest BCUT2D eigenvalue weighted by atomic mass is 10.2. The fourth-order valence-electron chi connectivity index (χ4n) is 1.77. The number of aryl methyl sites for hydroxylation is 1. The van der Waals surface area contributed by atoms with Crippen LogP contribution in [-0.4, -0.2) is 20.6 Å². The van der Waals surface area contributed by atoms with Gasteiger partial charge < -0.3 is 5.11 Å². The van der Waals surface area contributed by atoms with Crippen molar-refractivity contribution in [2.45, 2.75) is 20.4 Å². The summed E-state index contributed by atoms with van der Waals surface area (Å²) in [4.78, 5) is 28.0. The zero-order valence-electron chi connectivity index (χ0n) is 10.1. The Kier molecular flexibility index (Phi) is 3.04. The van der Waals surface area contributed by atoms with Crippen LogP contribution in [-0.2, 0) is 6.54 Å². The number of carbonyl (C=O) groups is 1. The Labute approximate surface area is 107 Å². The molecule has 0 saturated heterocycles. The SMILES string of the molecule is C=C(C)Cn1cnc2sc(C(=O)O)c(C)c2c1=O. The highest BCUT2D eigenvalue weighted by atomic mass is 32.1. The first-order valence-corrected chi connectivity index (χ1v) is 6.09. The van der Waals surface area contributed by atoms with Gasteiger partial charge in [0.2, 0.25) is 0 Å². The first-order valence-electron chi connectivity index (χ1n) is 5.28. The van der Waals surface area contributed by atoms with E-state index in [0.717, 1.165) is 16.9 Å². The fraction of sp³-hybridized carbons (Fsp3) is 0.250. The van der Waals surface area contributed by atoms with Crippen LogP contribution in [0.4, 0.5) is 0 Å². The van der Waals surface area contributed by atoms with E-state index in [-0.39, 0.29) is 10.4 Å². The number of hydrogen-bond acceptors (Lipinski definition) is 4. The van der Waals surface area contributed by atoms with Gasteiger partial charge in [-0.25, -0.2) is 9.78 Å². The number of rotatable bonds is 3. The van der Waals surface area contributed by atoms with Gasteiger partial charge in [0, 0.05) is 6.54 Å². The Morgan fingerprint density at radius 1 is 1.61 bits per heavy atom. The van der Waals surface area contributed by atoms with Crippen molar-refractivity contribution in [1.29, 1.82) is 0 Å². The number of hydrogen-bond donors (Lipinski definition) is 1. The van der Waals surface area contributed by atoms with Crippen LogP contribution in [0.5, 0.6) is 0 Å². The number of allylic oxidation sites excluding steroid dienone is 1. The third kappa shape index (κ3) is 1.95. The Hall–Kier alpha value is -1.95. The van der Waals surface area contributed by atoms with E-state index < -0.39 is 5.97 Å². The van der Waals surface area contributed by atoms with E-state index in [1.54, 1.807) is 6.92 Å². The average molecular weight is 264 g/mol. The van der Waals surface area contributed by atoms with E-state index in [4.69, 9.17) is 5.11 Å². The monoisotopic (exact) mass is 264 g/mol. The molecule has 0 spiro atoms. The topological polar surface area (TPSA) is 72.2 Å². The third-order valence-electron chi connectivity index (χ3n) is 2.55. The largest absolute Gasteiger partial charge is 0.477 e. The standard InChI is InChI=1S/C12H12N2O3S/c1-6(2)4-14-5-13-10-8(11(14)15)7(3)9(18-10)12(16)17/h5H,1,4H2,2-3H3,(H,16,17). The van der Waals surface area contributed by atoms with Gasteiger partial charge in [-0.1, -0.05) is 12.2 Å². The first-order chi connectivity index (χ1) is 8.41.